The number of carbonyl (C=O) groups is 1. The standard InChI is InChI=1S/C22H23N7O3/c1-2-32-22(31)24-13-16-4-3-5-18(12-16)29-20-19(27-28-29)14-23-21(26-20)25-17-8-6-15(7-9-17)10-11-30/h3-9,12,14,30H,2,10-11,13H2,1H3,(H,24,31)(H,23,25,26). The highest BCUT2D eigenvalue weighted by atomic mass is 16.5. The van der Waals surface area contributed by atoms with Gasteiger partial charge in [0.2, 0.25) is 5.95 Å². The number of nitrogens with zero attached hydrogens (tertiary/aromatic N) is 5. The molecule has 2 aromatic carbocycles. The molecule has 0 spiro atoms. The Morgan fingerprint density at radius 1 is 1.16 bits per heavy atom. The smallest absolute Gasteiger partial charge is 0.407 e. The van der Waals surface area contributed by atoms with E-state index < -0.39 is 6.09 Å². The summed E-state index contributed by atoms with van der Waals surface area (Å²) in [4.78, 5) is 20.4. The molecular weight excluding hydrogens is 410 g/mol. The number of nitrogens with one attached hydrogen (secondary N) is 2. The first-order valence-corrected chi connectivity index (χ1v) is 10.2. The van der Waals surface area contributed by atoms with Gasteiger partial charge >= 0.3 is 6.09 Å². The van der Waals surface area contributed by atoms with E-state index in [0.717, 1.165) is 22.5 Å². The fourth-order valence-electron chi connectivity index (χ4n) is 3.13. The number of hydrogen-bond acceptors (Lipinski definition) is 8. The normalized spacial score (nSPS) is 10.8. The molecule has 0 unspecified atom stereocenters. The Labute approximate surface area is 184 Å². The number of aliphatic hydroxyl groups is 1. The van der Waals surface area contributed by atoms with Gasteiger partial charge in [-0.1, -0.05) is 29.5 Å². The van der Waals surface area contributed by atoms with Crippen molar-refractivity contribution in [2.24, 2.45) is 0 Å². The largest absolute Gasteiger partial charge is 0.450 e. The minimum Gasteiger partial charge on any atom is -0.450 e. The molecule has 2 aromatic heterocycles. The lowest BCUT2D eigenvalue weighted by Gasteiger charge is -2.08. The van der Waals surface area contributed by atoms with E-state index in [-0.39, 0.29) is 6.61 Å². The zero-order chi connectivity index (χ0) is 22.3. The average molecular weight is 433 g/mol. The summed E-state index contributed by atoms with van der Waals surface area (Å²) >= 11 is 0. The Morgan fingerprint density at radius 3 is 2.78 bits per heavy atom. The molecule has 32 heavy (non-hydrogen) atoms. The van der Waals surface area contributed by atoms with Gasteiger partial charge in [-0.05, 0) is 48.7 Å². The highest BCUT2D eigenvalue weighted by Gasteiger charge is 2.11. The molecule has 10 nitrogen and oxygen atoms in total. The number of aromatic nitrogens is 5. The molecule has 0 aliphatic carbocycles. The van der Waals surface area contributed by atoms with Crippen molar-refractivity contribution in [2.45, 2.75) is 19.9 Å². The molecule has 0 fully saturated rings. The van der Waals surface area contributed by atoms with Crippen LogP contribution in [-0.2, 0) is 17.7 Å². The van der Waals surface area contributed by atoms with Crippen LogP contribution in [-0.4, -0.2) is 49.4 Å². The first-order chi connectivity index (χ1) is 15.7. The number of aliphatic hydroxyl groups excluding tert-OH is 1. The minimum atomic E-state index is -0.461. The molecule has 4 rings (SSSR count). The first kappa shape index (κ1) is 21.2. The summed E-state index contributed by atoms with van der Waals surface area (Å²) in [5, 5.41) is 23.3. The number of hydrogen-bond donors (Lipinski definition) is 3. The highest BCUT2D eigenvalue weighted by Crippen LogP contribution is 2.19. The van der Waals surface area contributed by atoms with E-state index in [1.165, 1.54) is 0 Å². The summed E-state index contributed by atoms with van der Waals surface area (Å²) in [5.41, 5.74) is 4.63. The lowest BCUT2D eigenvalue weighted by molar-refractivity contribution is 0.151. The summed E-state index contributed by atoms with van der Waals surface area (Å²) in [7, 11) is 0. The van der Waals surface area contributed by atoms with Gasteiger partial charge < -0.3 is 20.5 Å². The van der Waals surface area contributed by atoms with E-state index in [1.54, 1.807) is 17.8 Å². The van der Waals surface area contributed by atoms with Gasteiger partial charge in [0.05, 0.1) is 18.5 Å². The predicted molar refractivity (Wildman–Crippen MR) is 119 cm³/mol. The summed E-state index contributed by atoms with van der Waals surface area (Å²) in [5.74, 6) is 0.413. The van der Waals surface area contributed by atoms with Gasteiger partial charge in [0.1, 0.15) is 0 Å². The topological polar surface area (TPSA) is 127 Å². The van der Waals surface area contributed by atoms with Gasteiger partial charge in [-0.3, -0.25) is 0 Å². The molecule has 0 saturated heterocycles. The third kappa shape index (κ3) is 4.98. The molecule has 0 atom stereocenters. The third-order valence-corrected chi connectivity index (χ3v) is 4.67. The molecule has 164 valence electrons. The lowest BCUT2D eigenvalue weighted by atomic mass is 10.1. The van der Waals surface area contributed by atoms with Crippen molar-refractivity contribution in [3.8, 4) is 5.69 Å². The van der Waals surface area contributed by atoms with E-state index in [2.05, 4.69) is 30.9 Å². The van der Waals surface area contributed by atoms with Gasteiger partial charge in [0.25, 0.3) is 0 Å². The zero-order valence-corrected chi connectivity index (χ0v) is 17.5. The highest BCUT2D eigenvalue weighted by molar-refractivity contribution is 5.73. The number of ether oxygens (including phenoxy) is 1. The van der Waals surface area contributed by atoms with E-state index in [9.17, 15) is 4.79 Å². The van der Waals surface area contributed by atoms with Crippen LogP contribution >= 0.6 is 0 Å². The maximum atomic E-state index is 11.5. The van der Waals surface area contributed by atoms with Crippen molar-refractivity contribution in [1.29, 1.82) is 0 Å². The van der Waals surface area contributed by atoms with Crippen LogP contribution < -0.4 is 10.6 Å². The second-order valence-electron chi connectivity index (χ2n) is 6.94. The maximum Gasteiger partial charge on any atom is 0.407 e. The molecule has 0 aliphatic rings. The fourth-order valence-corrected chi connectivity index (χ4v) is 3.13. The number of alkyl carbamates (subject to hydrolysis) is 1. The molecule has 3 N–H and O–H groups in total. The Kier molecular flexibility index (Phi) is 6.52. The van der Waals surface area contributed by atoms with Crippen molar-refractivity contribution < 1.29 is 14.6 Å². The Hall–Kier alpha value is -4.05. The number of rotatable bonds is 8. The van der Waals surface area contributed by atoms with Crippen LogP contribution in [0.15, 0.2) is 54.7 Å². The minimum absolute atomic E-state index is 0.115. The summed E-state index contributed by atoms with van der Waals surface area (Å²) in [6.45, 7) is 2.52. The molecular formula is C22H23N7O3. The van der Waals surface area contributed by atoms with Crippen LogP contribution in [0, 0.1) is 0 Å². The van der Waals surface area contributed by atoms with Crippen LogP contribution in [0.5, 0.6) is 0 Å². The number of benzene rings is 2. The molecule has 0 aliphatic heterocycles. The van der Waals surface area contributed by atoms with E-state index in [0.29, 0.717) is 36.7 Å². The van der Waals surface area contributed by atoms with E-state index in [1.807, 2.05) is 48.5 Å². The number of fused-ring (bicyclic) bond motifs is 1. The number of amides is 1. The van der Waals surface area contributed by atoms with Gasteiger partial charge in [-0.2, -0.15) is 9.67 Å². The zero-order valence-electron chi connectivity index (χ0n) is 17.5. The van der Waals surface area contributed by atoms with Crippen molar-refractivity contribution in [3.63, 3.8) is 0 Å². The van der Waals surface area contributed by atoms with Crippen LogP contribution in [0.25, 0.3) is 16.9 Å². The Balaban J connectivity index is 1.55. The van der Waals surface area contributed by atoms with Crippen molar-refractivity contribution in [1.82, 2.24) is 30.3 Å². The second kappa shape index (κ2) is 9.84. The van der Waals surface area contributed by atoms with Gasteiger partial charge in [0, 0.05) is 18.8 Å². The van der Waals surface area contributed by atoms with E-state index in [4.69, 9.17) is 9.84 Å². The first-order valence-electron chi connectivity index (χ1n) is 10.2. The molecule has 1 amide bonds. The van der Waals surface area contributed by atoms with Crippen LogP contribution in [0.3, 0.4) is 0 Å². The summed E-state index contributed by atoms with van der Waals surface area (Å²) < 4.78 is 6.52. The fraction of sp³-hybridized carbons (Fsp3) is 0.227. The summed E-state index contributed by atoms with van der Waals surface area (Å²) in [6, 6.07) is 15.3. The number of carbonyl (C=O) groups excluding carboxylic acids is 1. The third-order valence-electron chi connectivity index (χ3n) is 4.67. The molecule has 0 bridgehead atoms. The van der Waals surface area contributed by atoms with Gasteiger partial charge in [-0.25, -0.2) is 9.78 Å². The Morgan fingerprint density at radius 2 is 2.00 bits per heavy atom. The van der Waals surface area contributed by atoms with Crippen molar-refractivity contribution in [2.75, 3.05) is 18.5 Å². The summed E-state index contributed by atoms with van der Waals surface area (Å²) in [6.07, 6.45) is 1.76. The quantitative estimate of drug-likeness (QED) is 0.387. The van der Waals surface area contributed by atoms with E-state index >= 15 is 0 Å². The molecule has 0 saturated carbocycles. The molecule has 2 heterocycles. The van der Waals surface area contributed by atoms with Gasteiger partial charge in [-0.15, -0.1) is 5.10 Å². The Bertz CT molecular complexity index is 1210. The maximum absolute atomic E-state index is 11.5. The van der Waals surface area contributed by atoms with Crippen LogP contribution in [0.1, 0.15) is 18.1 Å². The van der Waals surface area contributed by atoms with Crippen LogP contribution in [0.2, 0.25) is 0 Å². The van der Waals surface area contributed by atoms with Gasteiger partial charge in [0.15, 0.2) is 11.2 Å². The lowest BCUT2D eigenvalue weighted by Crippen LogP contribution is -2.23. The van der Waals surface area contributed by atoms with Crippen molar-refractivity contribution >= 4 is 28.9 Å². The molecule has 4 aromatic rings. The number of anilines is 2. The average Bonchev–Trinajstić information content (AvgIpc) is 3.23. The molecule has 10 heteroatoms. The predicted octanol–water partition coefficient (Wildman–Crippen LogP) is 2.74. The monoisotopic (exact) mass is 433 g/mol. The van der Waals surface area contributed by atoms with Crippen molar-refractivity contribution in [3.05, 3.63) is 65.9 Å². The molecule has 0 radical (unpaired) electrons. The second-order valence-corrected chi connectivity index (χ2v) is 6.94. The van der Waals surface area contributed by atoms with Crippen LogP contribution in [0.4, 0.5) is 16.4 Å². The SMILES string of the molecule is CCOC(=O)NCc1cccc(-n2nnc3cnc(Nc4ccc(CCO)cc4)nc32)c1.